The highest BCUT2D eigenvalue weighted by atomic mass is 35.5. The van der Waals surface area contributed by atoms with Gasteiger partial charge in [0.05, 0.1) is 10.7 Å². The molecule has 0 fully saturated rings. The highest BCUT2D eigenvalue weighted by Gasteiger charge is 2.14. The Balaban J connectivity index is 1.81. The number of para-hydroxylation sites is 1. The van der Waals surface area contributed by atoms with Crippen LogP contribution >= 0.6 is 11.6 Å². The van der Waals surface area contributed by atoms with Gasteiger partial charge in [0.2, 0.25) is 5.91 Å². The number of carbonyl (C=O) groups is 2. The van der Waals surface area contributed by atoms with Gasteiger partial charge in [0, 0.05) is 20.0 Å². The predicted molar refractivity (Wildman–Crippen MR) is 99.2 cm³/mol. The molecule has 0 aromatic heterocycles. The van der Waals surface area contributed by atoms with Crippen LogP contribution in [0.3, 0.4) is 0 Å². The molecule has 0 aliphatic heterocycles. The number of hydrogen-bond acceptors (Lipinski definition) is 3. The molecule has 1 N–H and O–H groups in total. The SMILES string of the molecule is CC(=O)N(CCNC(=O)COc1ccc(C)cc1)c1ccccc1Cl. The van der Waals surface area contributed by atoms with Gasteiger partial charge < -0.3 is 15.0 Å². The van der Waals surface area contributed by atoms with E-state index in [0.29, 0.717) is 29.5 Å². The van der Waals surface area contributed by atoms with Crippen LogP contribution < -0.4 is 15.0 Å². The summed E-state index contributed by atoms with van der Waals surface area (Å²) in [5, 5.41) is 3.23. The number of benzene rings is 2. The van der Waals surface area contributed by atoms with E-state index in [4.69, 9.17) is 16.3 Å². The summed E-state index contributed by atoms with van der Waals surface area (Å²) in [5.41, 5.74) is 1.75. The zero-order valence-corrected chi connectivity index (χ0v) is 15.0. The first-order valence-corrected chi connectivity index (χ1v) is 8.34. The van der Waals surface area contributed by atoms with Crippen LogP contribution in [0.5, 0.6) is 5.75 Å². The molecule has 0 radical (unpaired) electrons. The molecular weight excluding hydrogens is 340 g/mol. The van der Waals surface area contributed by atoms with E-state index in [1.807, 2.05) is 37.3 Å². The number of carbonyl (C=O) groups excluding carboxylic acids is 2. The Morgan fingerprint density at radius 2 is 1.80 bits per heavy atom. The zero-order valence-electron chi connectivity index (χ0n) is 14.3. The normalized spacial score (nSPS) is 10.2. The van der Waals surface area contributed by atoms with Crippen LogP contribution in [0.4, 0.5) is 5.69 Å². The van der Waals surface area contributed by atoms with Gasteiger partial charge in [-0.1, -0.05) is 41.4 Å². The van der Waals surface area contributed by atoms with Gasteiger partial charge in [0.15, 0.2) is 6.61 Å². The minimum Gasteiger partial charge on any atom is -0.484 e. The molecule has 0 aliphatic carbocycles. The summed E-state index contributed by atoms with van der Waals surface area (Å²) in [4.78, 5) is 25.2. The van der Waals surface area contributed by atoms with E-state index in [1.165, 1.54) is 11.8 Å². The maximum Gasteiger partial charge on any atom is 0.258 e. The monoisotopic (exact) mass is 360 g/mol. The van der Waals surface area contributed by atoms with Crippen LogP contribution in [0.15, 0.2) is 48.5 Å². The Hall–Kier alpha value is -2.53. The number of halogens is 1. The van der Waals surface area contributed by atoms with Gasteiger partial charge in [-0.2, -0.15) is 0 Å². The van der Waals surface area contributed by atoms with Crippen LogP contribution in [-0.2, 0) is 9.59 Å². The molecule has 2 amide bonds. The lowest BCUT2D eigenvalue weighted by Gasteiger charge is -2.22. The minimum atomic E-state index is -0.247. The average molecular weight is 361 g/mol. The van der Waals surface area contributed by atoms with Gasteiger partial charge in [-0.25, -0.2) is 0 Å². The van der Waals surface area contributed by atoms with Crippen molar-refractivity contribution in [1.82, 2.24) is 5.32 Å². The Morgan fingerprint density at radius 1 is 1.12 bits per heavy atom. The van der Waals surface area contributed by atoms with Gasteiger partial charge in [-0.15, -0.1) is 0 Å². The van der Waals surface area contributed by atoms with Crippen molar-refractivity contribution in [3.05, 3.63) is 59.1 Å². The Kier molecular flexibility index (Phi) is 6.83. The fourth-order valence-electron chi connectivity index (χ4n) is 2.26. The van der Waals surface area contributed by atoms with Crippen molar-refractivity contribution in [2.24, 2.45) is 0 Å². The zero-order chi connectivity index (χ0) is 18.2. The second-order valence-corrected chi connectivity index (χ2v) is 5.98. The second-order valence-electron chi connectivity index (χ2n) is 5.57. The summed E-state index contributed by atoms with van der Waals surface area (Å²) < 4.78 is 5.42. The molecule has 0 bridgehead atoms. The average Bonchev–Trinajstić information content (AvgIpc) is 2.59. The smallest absolute Gasteiger partial charge is 0.258 e. The van der Waals surface area contributed by atoms with Crippen LogP contribution in [0, 0.1) is 6.92 Å². The lowest BCUT2D eigenvalue weighted by molar-refractivity contribution is -0.123. The maximum absolute atomic E-state index is 11.9. The number of ether oxygens (including phenoxy) is 1. The van der Waals surface area contributed by atoms with Gasteiger partial charge in [-0.05, 0) is 31.2 Å². The molecule has 0 aliphatic rings. The molecule has 132 valence electrons. The minimum absolute atomic E-state index is 0.0742. The van der Waals surface area contributed by atoms with Gasteiger partial charge >= 0.3 is 0 Å². The van der Waals surface area contributed by atoms with Crippen molar-refractivity contribution in [1.29, 1.82) is 0 Å². The molecule has 25 heavy (non-hydrogen) atoms. The quantitative estimate of drug-likeness (QED) is 0.824. The number of hydrogen-bond donors (Lipinski definition) is 1. The molecule has 2 aromatic carbocycles. The van der Waals surface area contributed by atoms with Crippen molar-refractivity contribution in [2.75, 3.05) is 24.6 Å². The highest BCUT2D eigenvalue weighted by molar-refractivity contribution is 6.33. The topological polar surface area (TPSA) is 58.6 Å². The molecule has 2 rings (SSSR count). The van der Waals surface area contributed by atoms with Crippen molar-refractivity contribution in [2.45, 2.75) is 13.8 Å². The summed E-state index contributed by atoms with van der Waals surface area (Å²) in [7, 11) is 0. The summed E-state index contributed by atoms with van der Waals surface area (Å²) in [6, 6.07) is 14.6. The third kappa shape index (κ3) is 5.80. The summed E-state index contributed by atoms with van der Waals surface area (Å²) in [6.45, 7) is 4.01. The van der Waals surface area contributed by atoms with Crippen molar-refractivity contribution >= 4 is 29.1 Å². The van der Waals surface area contributed by atoms with E-state index < -0.39 is 0 Å². The maximum atomic E-state index is 11.9. The standard InChI is InChI=1S/C19H21ClN2O3/c1-14-7-9-16(10-8-14)25-13-19(24)21-11-12-22(15(2)23)18-6-4-3-5-17(18)20/h3-10H,11-13H2,1-2H3,(H,21,24). The largest absolute Gasteiger partial charge is 0.484 e. The van der Waals surface area contributed by atoms with Crippen LogP contribution in [0.1, 0.15) is 12.5 Å². The van der Waals surface area contributed by atoms with Gasteiger partial charge in [0.1, 0.15) is 5.75 Å². The summed E-state index contributed by atoms with van der Waals surface area (Å²) in [5.74, 6) is 0.253. The molecule has 0 saturated heterocycles. The van der Waals surface area contributed by atoms with Gasteiger partial charge in [0.25, 0.3) is 5.91 Å². The predicted octanol–water partition coefficient (Wildman–Crippen LogP) is 3.20. The van der Waals surface area contributed by atoms with E-state index in [0.717, 1.165) is 5.56 Å². The van der Waals surface area contributed by atoms with E-state index in [9.17, 15) is 9.59 Å². The number of aryl methyl sites for hydroxylation is 1. The molecule has 2 aromatic rings. The molecule has 0 saturated carbocycles. The number of nitrogens with one attached hydrogen (secondary N) is 1. The third-order valence-electron chi connectivity index (χ3n) is 3.57. The third-order valence-corrected chi connectivity index (χ3v) is 3.89. The first kappa shape index (κ1) is 18.8. The first-order chi connectivity index (χ1) is 12.0. The van der Waals surface area contributed by atoms with E-state index >= 15 is 0 Å². The van der Waals surface area contributed by atoms with Crippen LogP contribution in [0.2, 0.25) is 5.02 Å². The van der Waals surface area contributed by atoms with Crippen LogP contribution in [-0.4, -0.2) is 31.5 Å². The Labute approximate surface area is 152 Å². The van der Waals surface area contributed by atoms with Crippen LogP contribution in [0.25, 0.3) is 0 Å². The highest BCUT2D eigenvalue weighted by Crippen LogP contribution is 2.24. The molecule has 6 heteroatoms. The Bertz CT molecular complexity index is 732. The van der Waals surface area contributed by atoms with Crippen molar-refractivity contribution < 1.29 is 14.3 Å². The Morgan fingerprint density at radius 3 is 2.44 bits per heavy atom. The number of amides is 2. The second kappa shape index (κ2) is 9.08. The molecule has 0 heterocycles. The number of nitrogens with zero attached hydrogens (tertiary/aromatic N) is 1. The fraction of sp³-hybridized carbons (Fsp3) is 0.263. The lowest BCUT2D eigenvalue weighted by Crippen LogP contribution is -2.39. The number of rotatable bonds is 7. The molecule has 0 atom stereocenters. The lowest BCUT2D eigenvalue weighted by atomic mass is 10.2. The van der Waals surface area contributed by atoms with Gasteiger partial charge in [-0.3, -0.25) is 9.59 Å². The summed E-state index contributed by atoms with van der Waals surface area (Å²) in [6.07, 6.45) is 0. The van der Waals surface area contributed by atoms with E-state index in [-0.39, 0.29) is 18.4 Å². The van der Waals surface area contributed by atoms with Crippen molar-refractivity contribution in [3.63, 3.8) is 0 Å². The van der Waals surface area contributed by atoms with E-state index in [2.05, 4.69) is 5.32 Å². The molecule has 5 nitrogen and oxygen atoms in total. The number of anilines is 1. The molecule has 0 unspecified atom stereocenters. The molecular formula is C19H21ClN2O3. The van der Waals surface area contributed by atoms with Crippen molar-refractivity contribution in [3.8, 4) is 5.75 Å². The molecule has 0 spiro atoms. The van der Waals surface area contributed by atoms with E-state index in [1.54, 1.807) is 18.2 Å². The summed E-state index contributed by atoms with van der Waals surface area (Å²) >= 11 is 6.13. The first-order valence-electron chi connectivity index (χ1n) is 7.96. The fourth-order valence-corrected chi connectivity index (χ4v) is 2.50.